The number of hydrogen-bond acceptors (Lipinski definition) is 7. The molecule has 4 aromatic rings. The molecule has 2 N–H and O–H groups in total. The van der Waals surface area contributed by atoms with E-state index in [1.165, 1.54) is 4.80 Å². The molecule has 1 unspecified atom stereocenters. The highest BCUT2D eigenvalue weighted by atomic mass is 16.6. The number of fused-ring (bicyclic) bond motifs is 1. The monoisotopic (exact) mass is 472 g/mol. The predicted molar refractivity (Wildman–Crippen MR) is 126 cm³/mol. The van der Waals surface area contributed by atoms with E-state index in [0.29, 0.717) is 35.7 Å². The predicted octanol–water partition coefficient (Wildman–Crippen LogP) is 2.58. The lowest BCUT2D eigenvalue weighted by Crippen LogP contribution is -2.33. The fourth-order valence-corrected chi connectivity index (χ4v) is 4.14. The molecule has 0 aliphatic carbocycles. The van der Waals surface area contributed by atoms with E-state index in [9.17, 15) is 9.59 Å². The topological polar surface area (TPSA) is 127 Å². The minimum Gasteiger partial charge on any atom is -0.486 e. The van der Waals surface area contributed by atoms with E-state index in [0.717, 1.165) is 22.9 Å². The molecule has 1 aliphatic rings. The molecule has 2 aromatic heterocycles. The summed E-state index contributed by atoms with van der Waals surface area (Å²) in [4.78, 5) is 25.6. The first-order valence-electron chi connectivity index (χ1n) is 11.2. The maximum atomic E-state index is 13.1. The van der Waals surface area contributed by atoms with Gasteiger partial charge >= 0.3 is 0 Å². The molecule has 1 amide bonds. The summed E-state index contributed by atoms with van der Waals surface area (Å²) < 4.78 is 14.0. The van der Waals surface area contributed by atoms with Gasteiger partial charge < -0.3 is 19.8 Å². The number of nitrogens with zero attached hydrogens (tertiary/aromatic N) is 5. The van der Waals surface area contributed by atoms with E-state index >= 15 is 0 Å². The van der Waals surface area contributed by atoms with Crippen LogP contribution in [0.15, 0.2) is 54.6 Å². The third-order valence-electron chi connectivity index (χ3n) is 5.99. The number of aromatic nitrogens is 5. The minimum atomic E-state index is -0.510. The van der Waals surface area contributed by atoms with Gasteiger partial charge in [-0.1, -0.05) is 24.3 Å². The lowest BCUT2D eigenvalue weighted by Gasteiger charge is -2.27. The van der Waals surface area contributed by atoms with Crippen molar-refractivity contribution in [1.82, 2.24) is 24.8 Å². The summed E-state index contributed by atoms with van der Waals surface area (Å²) in [6.07, 6.45) is -0.168. The minimum absolute atomic E-state index is 0.0485. The van der Waals surface area contributed by atoms with Gasteiger partial charge in [-0.3, -0.25) is 9.59 Å². The van der Waals surface area contributed by atoms with E-state index in [4.69, 9.17) is 15.2 Å². The molecule has 2 aromatic carbocycles. The molecule has 5 rings (SSSR count). The number of tetrazole rings is 1. The second kappa shape index (κ2) is 9.05. The average Bonchev–Trinajstić information content (AvgIpc) is 3.44. The number of nitrogens with two attached hydrogens (primary N) is 1. The van der Waals surface area contributed by atoms with Crippen molar-refractivity contribution in [3.63, 3.8) is 0 Å². The van der Waals surface area contributed by atoms with Crippen molar-refractivity contribution in [3.05, 3.63) is 77.1 Å². The number of carbonyl (C=O) groups is 2. The van der Waals surface area contributed by atoms with Crippen LogP contribution in [0.1, 0.15) is 32.1 Å². The van der Waals surface area contributed by atoms with E-state index in [-0.39, 0.29) is 18.4 Å². The van der Waals surface area contributed by atoms with E-state index in [2.05, 4.69) is 20.0 Å². The van der Waals surface area contributed by atoms with Gasteiger partial charge in [-0.25, -0.2) is 0 Å². The summed E-state index contributed by atoms with van der Waals surface area (Å²) in [6, 6.07) is 16.0. The zero-order valence-corrected chi connectivity index (χ0v) is 19.3. The highest BCUT2D eigenvalue weighted by Gasteiger charge is 2.24. The van der Waals surface area contributed by atoms with E-state index < -0.39 is 5.91 Å². The van der Waals surface area contributed by atoms with Crippen LogP contribution in [0.2, 0.25) is 0 Å². The Morgan fingerprint density at radius 1 is 1.09 bits per heavy atom. The number of ether oxygens (including phenoxy) is 2. The van der Waals surface area contributed by atoms with Gasteiger partial charge in [0.2, 0.25) is 11.7 Å². The number of aryl methyl sites for hydroxylation is 1. The van der Waals surface area contributed by atoms with Crippen LogP contribution in [-0.2, 0) is 13.1 Å². The summed E-state index contributed by atoms with van der Waals surface area (Å²) in [7, 11) is 0. The number of benzene rings is 2. The Morgan fingerprint density at radius 3 is 2.57 bits per heavy atom. The number of ketones is 1. The Morgan fingerprint density at radius 2 is 1.83 bits per heavy atom. The SMILES string of the molecule is Cc1cc(C(=O)Cn2nnc(-c3ccc(C(N)=O)cc3)n2)c(C)n1CC1COc2ccccc2O1. The van der Waals surface area contributed by atoms with Gasteiger partial charge in [0.25, 0.3) is 0 Å². The Hall–Kier alpha value is -4.47. The number of amides is 1. The van der Waals surface area contributed by atoms with Crippen molar-refractivity contribution >= 4 is 11.7 Å². The molecule has 1 aliphatic heterocycles. The number of carbonyl (C=O) groups excluding carboxylic acids is 2. The van der Waals surface area contributed by atoms with Crippen molar-refractivity contribution in [1.29, 1.82) is 0 Å². The summed E-state index contributed by atoms with van der Waals surface area (Å²) in [5.74, 6) is 1.19. The van der Waals surface area contributed by atoms with Gasteiger partial charge in [-0.05, 0) is 49.4 Å². The van der Waals surface area contributed by atoms with Crippen LogP contribution in [0.4, 0.5) is 0 Å². The number of hydrogen-bond donors (Lipinski definition) is 1. The Labute approximate surface area is 201 Å². The molecule has 1 atom stereocenters. The van der Waals surface area contributed by atoms with Crippen LogP contribution < -0.4 is 15.2 Å². The molecule has 10 nitrogen and oxygen atoms in total. The van der Waals surface area contributed by atoms with E-state index in [1.54, 1.807) is 24.3 Å². The number of primary amides is 1. The molecule has 0 spiro atoms. The third-order valence-corrected chi connectivity index (χ3v) is 5.99. The average molecular weight is 473 g/mol. The van der Waals surface area contributed by atoms with Crippen LogP contribution in [-0.4, -0.2) is 49.2 Å². The fourth-order valence-electron chi connectivity index (χ4n) is 4.14. The molecule has 0 fully saturated rings. The quantitative estimate of drug-likeness (QED) is 0.410. The van der Waals surface area contributed by atoms with Gasteiger partial charge in [0.05, 0.1) is 6.54 Å². The molecule has 10 heteroatoms. The number of rotatable bonds is 7. The molecule has 0 saturated carbocycles. The lowest BCUT2D eigenvalue weighted by molar-refractivity contribution is 0.0777. The first kappa shape index (κ1) is 22.3. The van der Waals surface area contributed by atoms with Gasteiger partial charge in [-0.2, -0.15) is 4.80 Å². The van der Waals surface area contributed by atoms with Gasteiger partial charge in [0, 0.05) is 28.1 Å². The molecule has 0 saturated heterocycles. The lowest BCUT2D eigenvalue weighted by atomic mass is 10.1. The maximum Gasteiger partial charge on any atom is 0.248 e. The first-order chi connectivity index (χ1) is 16.9. The smallest absolute Gasteiger partial charge is 0.248 e. The van der Waals surface area contributed by atoms with Crippen LogP contribution >= 0.6 is 0 Å². The van der Waals surface area contributed by atoms with Crippen LogP contribution in [0.3, 0.4) is 0 Å². The van der Waals surface area contributed by atoms with Gasteiger partial charge in [0.15, 0.2) is 23.4 Å². The molecule has 35 heavy (non-hydrogen) atoms. The molecule has 0 bridgehead atoms. The zero-order chi connectivity index (χ0) is 24.5. The summed E-state index contributed by atoms with van der Waals surface area (Å²) in [6.45, 7) is 4.82. The van der Waals surface area contributed by atoms with Crippen molar-refractivity contribution in [3.8, 4) is 22.9 Å². The second-order valence-corrected chi connectivity index (χ2v) is 8.40. The van der Waals surface area contributed by atoms with Crippen molar-refractivity contribution in [2.24, 2.45) is 5.73 Å². The molecular formula is C25H24N6O4. The molecule has 0 radical (unpaired) electrons. The van der Waals surface area contributed by atoms with Crippen LogP contribution in [0.25, 0.3) is 11.4 Å². The number of Topliss-reactive ketones (excluding diaryl/α,β-unsaturated/α-hetero) is 1. The zero-order valence-electron chi connectivity index (χ0n) is 19.3. The van der Waals surface area contributed by atoms with Crippen molar-refractivity contribution in [2.75, 3.05) is 6.61 Å². The fraction of sp³-hybridized carbons (Fsp3) is 0.240. The van der Waals surface area contributed by atoms with Crippen LogP contribution in [0, 0.1) is 13.8 Å². The molecule has 178 valence electrons. The van der Waals surface area contributed by atoms with Gasteiger partial charge in [-0.15, -0.1) is 10.2 Å². The highest BCUT2D eigenvalue weighted by Crippen LogP contribution is 2.31. The largest absolute Gasteiger partial charge is 0.486 e. The van der Waals surface area contributed by atoms with Crippen molar-refractivity contribution in [2.45, 2.75) is 33.0 Å². The number of para-hydroxylation sites is 2. The summed E-state index contributed by atoms with van der Waals surface area (Å²) in [5, 5.41) is 12.3. The highest BCUT2D eigenvalue weighted by molar-refractivity contribution is 5.97. The third kappa shape index (κ3) is 4.50. The molecule has 3 heterocycles. The Bertz CT molecular complexity index is 1410. The Kier molecular flexibility index (Phi) is 5.77. The Balaban J connectivity index is 1.28. The summed E-state index contributed by atoms with van der Waals surface area (Å²) >= 11 is 0. The van der Waals surface area contributed by atoms with Crippen LogP contribution in [0.5, 0.6) is 11.5 Å². The molecular weight excluding hydrogens is 448 g/mol. The van der Waals surface area contributed by atoms with E-state index in [1.807, 2.05) is 44.2 Å². The standard InChI is InChI=1S/C25H24N6O4/c1-15-11-20(16(2)30(15)12-19-14-34-22-5-3-4-6-23(22)35-19)21(32)13-31-28-25(27-29-31)18-9-7-17(8-10-18)24(26)33/h3-11,19H,12-14H2,1-2H3,(H2,26,33). The summed E-state index contributed by atoms with van der Waals surface area (Å²) in [5.41, 5.74) is 8.73. The van der Waals surface area contributed by atoms with Gasteiger partial charge in [0.1, 0.15) is 13.2 Å². The normalized spacial score (nSPS) is 14.6. The maximum absolute atomic E-state index is 13.1. The first-order valence-corrected chi connectivity index (χ1v) is 11.2. The second-order valence-electron chi connectivity index (χ2n) is 8.40. The van der Waals surface area contributed by atoms with Crippen molar-refractivity contribution < 1.29 is 19.1 Å².